The van der Waals surface area contributed by atoms with E-state index in [1.807, 2.05) is 0 Å². The summed E-state index contributed by atoms with van der Waals surface area (Å²) in [6, 6.07) is 0. The van der Waals surface area contributed by atoms with E-state index in [4.69, 9.17) is 23.3 Å². The number of aliphatic hydroxyl groups is 1. The molecule has 0 aromatic carbocycles. The van der Waals surface area contributed by atoms with Gasteiger partial charge in [0.2, 0.25) is 0 Å². The van der Waals surface area contributed by atoms with E-state index >= 15 is 0 Å². The lowest BCUT2D eigenvalue weighted by molar-refractivity contribution is -0.161. The summed E-state index contributed by atoms with van der Waals surface area (Å²) >= 11 is 0. The quantitative estimate of drug-likeness (QED) is 0.0197. The van der Waals surface area contributed by atoms with Gasteiger partial charge in [-0.25, -0.2) is 4.57 Å². The molecule has 0 radical (unpaired) electrons. The van der Waals surface area contributed by atoms with Gasteiger partial charge in [-0.2, -0.15) is 0 Å². The van der Waals surface area contributed by atoms with Gasteiger partial charge in [0, 0.05) is 19.3 Å². The molecule has 2 N–H and O–H groups in total. The number of phosphoric ester groups is 1. The Kier molecular flexibility index (Phi) is 42.7. The van der Waals surface area contributed by atoms with Crippen molar-refractivity contribution in [1.29, 1.82) is 0 Å². The maximum Gasteiger partial charge on any atom is 0.472 e. The first kappa shape index (κ1) is 59.2. The summed E-state index contributed by atoms with van der Waals surface area (Å²) in [5.74, 6) is -1.53. The van der Waals surface area contributed by atoms with E-state index in [0.717, 1.165) is 116 Å². The Morgan fingerprint density at radius 1 is 0.468 bits per heavy atom. The standard InChI is InChI=1S/C50H87O11P/c1-4-7-10-13-16-19-22-23-26-29-32-35-38-41-50(54)61-47(43-57-48(52)39-36-33-30-27-24-20-17-14-11-8-5-2)45-59-62(55,56)58-44-46(42-51)60-49(53)40-37-34-31-28-25-21-18-15-12-9-6-3/h7,10,14-19,23,26,46-47,51H,4-6,8-9,11-13,20-22,24-25,27-45H2,1-3H3,(H,55,56)/b10-7-,17-14-,18-15-,19-16-,26-23-. The van der Waals surface area contributed by atoms with Crippen LogP contribution >= 0.6 is 7.82 Å². The van der Waals surface area contributed by atoms with Crippen LogP contribution in [-0.4, -0.2) is 66.5 Å². The van der Waals surface area contributed by atoms with Crippen LogP contribution in [0.25, 0.3) is 0 Å². The van der Waals surface area contributed by atoms with Crippen molar-refractivity contribution >= 4 is 25.7 Å². The van der Waals surface area contributed by atoms with E-state index in [-0.39, 0.29) is 25.9 Å². The molecule has 62 heavy (non-hydrogen) atoms. The predicted octanol–water partition coefficient (Wildman–Crippen LogP) is 13.2. The van der Waals surface area contributed by atoms with Crippen molar-refractivity contribution in [2.24, 2.45) is 0 Å². The summed E-state index contributed by atoms with van der Waals surface area (Å²) in [4.78, 5) is 48.1. The van der Waals surface area contributed by atoms with Crippen molar-refractivity contribution in [3.8, 4) is 0 Å². The molecule has 0 aromatic heterocycles. The summed E-state index contributed by atoms with van der Waals surface area (Å²) in [7, 11) is -4.74. The Morgan fingerprint density at radius 3 is 1.32 bits per heavy atom. The molecule has 3 unspecified atom stereocenters. The maximum absolute atomic E-state index is 12.8. The van der Waals surface area contributed by atoms with Crippen LogP contribution in [0.4, 0.5) is 0 Å². The summed E-state index contributed by atoms with van der Waals surface area (Å²) in [6.07, 6.45) is 44.9. The Hall–Kier alpha value is -2.82. The van der Waals surface area contributed by atoms with Crippen molar-refractivity contribution in [3.05, 3.63) is 60.8 Å². The number of aliphatic hydroxyl groups excluding tert-OH is 1. The first-order chi connectivity index (χ1) is 30.2. The first-order valence-electron chi connectivity index (χ1n) is 24.2. The summed E-state index contributed by atoms with van der Waals surface area (Å²) in [5.41, 5.74) is 0. The van der Waals surface area contributed by atoms with Gasteiger partial charge in [0.05, 0.1) is 19.8 Å². The van der Waals surface area contributed by atoms with Crippen molar-refractivity contribution < 1.29 is 52.2 Å². The molecule has 0 amide bonds. The average Bonchev–Trinajstić information content (AvgIpc) is 3.25. The summed E-state index contributed by atoms with van der Waals surface area (Å²) in [5, 5.41) is 9.73. The van der Waals surface area contributed by atoms with Crippen molar-refractivity contribution in [2.75, 3.05) is 26.4 Å². The molecule has 0 saturated heterocycles. The third kappa shape index (κ3) is 42.5. The molecule has 358 valence electrons. The number of hydrogen-bond acceptors (Lipinski definition) is 10. The minimum atomic E-state index is -4.74. The minimum Gasteiger partial charge on any atom is -0.462 e. The molecule has 0 fully saturated rings. The van der Waals surface area contributed by atoms with E-state index in [9.17, 15) is 28.9 Å². The summed E-state index contributed by atoms with van der Waals surface area (Å²) in [6.45, 7) is 4.36. The number of esters is 3. The highest BCUT2D eigenvalue weighted by Gasteiger charge is 2.28. The van der Waals surface area contributed by atoms with Crippen LogP contribution in [0.5, 0.6) is 0 Å². The Morgan fingerprint density at radius 2 is 0.839 bits per heavy atom. The van der Waals surface area contributed by atoms with Gasteiger partial charge in [-0.05, 0) is 89.9 Å². The van der Waals surface area contributed by atoms with E-state index in [0.29, 0.717) is 19.3 Å². The zero-order chi connectivity index (χ0) is 45.6. The number of ether oxygens (including phenoxy) is 3. The Balaban J connectivity index is 4.81. The predicted molar refractivity (Wildman–Crippen MR) is 252 cm³/mol. The van der Waals surface area contributed by atoms with E-state index < -0.39 is 57.8 Å². The van der Waals surface area contributed by atoms with Crippen LogP contribution < -0.4 is 0 Å². The third-order valence-corrected chi connectivity index (χ3v) is 10.8. The van der Waals surface area contributed by atoms with Crippen LogP contribution in [-0.2, 0) is 42.2 Å². The molecule has 0 rings (SSSR count). The molecule has 0 aromatic rings. The lowest BCUT2D eigenvalue weighted by Gasteiger charge is -2.21. The molecule has 0 aliphatic rings. The molecule has 0 saturated carbocycles. The molecule has 0 bridgehead atoms. The number of unbranched alkanes of at least 4 members (excludes halogenated alkanes) is 17. The fourth-order valence-corrected chi connectivity index (χ4v) is 6.94. The van der Waals surface area contributed by atoms with E-state index in [2.05, 4.69) is 81.5 Å². The second kappa shape index (κ2) is 44.8. The van der Waals surface area contributed by atoms with Crippen LogP contribution in [0.2, 0.25) is 0 Å². The van der Waals surface area contributed by atoms with Crippen molar-refractivity contribution in [1.82, 2.24) is 0 Å². The lowest BCUT2D eigenvalue weighted by atomic mass is 10.1. The highest BCUT2D eigenvalue weighted by Crippen LogP contribution is 2.43. The maximum atomic E-state index is 12.8. The molecule has 0 aliphatic carbocycles. The average molecular weight is 895 g/mol. The molecule has 3 atom stereocenters. The zero-order valence-electron chi connectivity index (χ0n) is 39.1. The fraction of sp³-hybridized carbons (Fsp3) is 0.740. The topological polar surface area (TPSA) is 155 Å². The molecular weight excluding hydrogens is 808 g/mol. The molecule has 11 nitrogen and oxygen atoms in total. The highest BCUT2D eigenvalue weighted by molar-refractivity contribution is 7.47. The molecular formula is C50H87O11P. The minimum absolute atomic E-state index is 0.129. The SMILES string of the molecule is CC/C=C\C/C=C\C/C=C\CCCCCC(=O)OC(COC(=O)CCCCCCC/C=C\CCCC)COP(=O)(O)OCC(CO)OC(=O)CCCCCCC/C=C\CCCC. The number of carbonyl (C=O) groups excluding carboxylic acids is 3. The van der Waals surface area contributed by atoms with Gasteiger partial charge < -0.3 is 24.2 Å². The van der Waals surface area contributed by atoms with Gasteiger partial charge in [-0.1, -0.05) is 152 Å². The summed E-state index contributed by atoms with van der Waals surface area (Å²) < 4.78 is 39.2. The molecule has 12 heteroatoms. The third-order valence-electron chi connectivity index (χ3n) is 9.89. The Bertz CT molecular complexity index is 1280. The van der Waals surface area contributed by atoms with Crippen molar-refractivity contribution in [2.45, 2.75) is 213 Å². The second-order valence-electron chi connectivity index (χ2n) is 15.9. The number of hydrogen-bond donors (Lipinski definition) is 2. The van der Waals surface area contributed by atoms with E-state index in [1.54, 1.807) is 0 Å². The molecule has 0 heterocycles. The fourth-order valence-electron chi connectivity index (χ4n) is 6.15. The number of rotatable bonds is 44. The van der Waals surface area contributed by atoms with E-state index in [1.165, 1.54) is 25.7 Å². The lowest BCUT2D eigenvalue weighted by Crippen LogP contribution is -2.30. The zero-order valence-corrected chi connectivity index (χ0v) is 40.0. The van der Waals surface area contributed by atoms with Gasteiger partial charge in [-0.15, -0.1) is 0 Å². The van der Waals surface area contributed by atoms with Crippen LogP contribution in [0, 0.1) is 0 Å². The number of carbonyl (C=O) groups is 3. The highest BCUT2D eigenvalue weighted by atomic mass is 31.2. The Labute approximate surface area is 376 Å². The number of phosphoric acid groups is 1. The monoisotopic (exact) mass is 895 g/mol. The number of allylic oxidation sites excluding steroid dienone is 10. The largest absolute Gasteiger partial charge is 0.472 e. The van der Waals surface area contributed by atoms with Gasteiger partial charge >= 0.3 is 25.7 Å². The van der Waals surface area contributed by atoms with Crippen LogP contribution in [0.3, 0.4) is 0 Å². The molecule has 0 spiro atoms. The van der Waals surface area contributed by atoms with Gasteiger partial charge in [0.15, 0.2) is 6.10 Å². The van der Waals surface area contributed by atoms with Gasteiger partial charge in [-0.3, -0.25) is 23.4 Å². The molecule has 0 aliphatic heterocycles. The van der Waals surface area contributed by atoms with Gasteiger partial charge in [0.1, 0.15) is 12.7 Å². The second-order valence-corrected chi connectivity index (χ2v) is 17.3. The normalized spacial score (nSPS) is 14.1. The first-order valence-corrected chi connectivity index (χ1v) is 25.7. The smallest absolute Gasteiger partial charge is 0.462 e. The van der Waals surface area contributed by atoms with Crippen LogP contribution in [0.15, 0.2) is 60.8 Å². The van der Waals surface area contributed by atoms with Gasteiger partial charge in [0.25, 0.3) is 0 Å². The van der Waals surface area contributed by atoms with Crippen molar-refractivity contribution in [3.63, 3.8) is 0 Å². The van der Waals surface area contributed by atoms with Crippen LogP contribution in [0.1, 0.15) is 201 Å².